The van der Waals surface area contributed by atoms with Gasteiger partial charge >= 0.3 is 0 Å². The molecule has 1 fully saturated rings. The number of aryl methyl sites for hydroxylation is 1. The van der Waals surface area contributed by atoms with Crippen LogP contribution in [0.2, 0.25) is 0 Å². The van der Waals surface area contributed by atoms with Gasteiger partial charge in [-0.3, -0.25) is 0 Å². The molecule has 0 aromatic carbocycles. The molecule has 0 saturated carbocycles. The third-order valence-electron chi connectivity index (χ3n) is 3.72. The average Bonchev–Trinajstić information content (AvgIpc) is 2.38. The summed E-state index contributed by atoms with van der Waals surface area (Å²) in [4.78, 5) is 11.0. The highest BCUT2D eigenvalue weighted by Crippen LogP contribution is 2.26. The highest BCUT2D eigenvalue weighted by molar-refractivity contribution is 5.41. The van der Waals surface area contributed by atoms with Gasteiger partial charge in [-0.05, 0) is 25.2 Å². The van der Waals surface area contributed by atoms with E-state index in [1.165, 1.54) is 12.8 Å². The van der Waals surface area contributed by atoms with Crippen LogP contribution in [-0.2, 0) is 6.42 Å². The highest BCUT2D eigenvalue weighted by Gasteiger charge is 2.28. The second kappa shape index (κ2) is 5.45. The lowest BCUT2D eigenvalue weighted by Crippen LogP contribution is -2.49. The molecule has 1 aliphatic rings. The van der Waals surface area contributed by atoms with E-state index in [9.17, 15) is 0 Å². The lowest BCUT2D eigenvalue weighted by Gasteiger charge is -2.40. The van der Waals surface area contributed by atoms with Crippen LogP contribution in [0.25, 0.3) is 0 Å². The van der Waals surface area contributed by atoms with Crippen LogP contribution in [0.5, 0.6) is 0 Å². The Kier molecular flexibility index (Phi) is 3.94. The van der Waals surface area contributed by atoms with Gasteiger partial charge < -0.3 is 10.6 Å². The summed E-state index contributed by atoms with van der Waals surface area (Å²) in [7, 11) is 0. The highest BCUT2D eigenvalue weighted by atomic mass is 15.2. The molecular weight excluding hydrogens is 212 g/mol. The molecule has 94 valence electrons. The number of rotatable bonds is 3. The largest absolute Gasteiger partial charge is 0.352 e. The van der Waals surface area contributed by atoms with Crippen molar-refractivity contribution in [3.63, 3.8) is 0 Å². The predicted molar refractivity (Wildman–Crippen MR) is 70.0 cm³/mol. The summed E-state index contributed by atoms with van der Waals surface area (Å²) in [6.07, 6.45) is 5.11. The molecule has 0 radical (unpaired) electrons. The van der Waals surface area contributed by atoms with Crippen molar-refractivity contribution in [3.05, 3.63) is 18.1 Å². The van der Waals surface area contributed by atoms with E-state index in [2.05, 4.69) is 34.8 Å². The topological polar surface area (TPSA) is 55.0 Å². The van der Waals surface area contributed by atoms with Crippen LogP contribution in [-0.4, -0.2) is 29.1 Å². The summed E-state index contributed by atoms with van der Waals surface area (Å²) in [6, 6.07) is 2.52. The second-order valence-corrected chi connectivity index (χ2v) is 4.84. The molecule has 1 aromatic heterocycles. The van der Waals surface area contributed by atoms with E-state index in [1.54, 1.807) is 6.33 Å². The zero-order valence-corrected chi connectivity index (χ0v) is 10.8. The van der Waals surface area contributed by atoms with Crippen LogP contribution in [0.15, 0.2) is 12.4 Å². The first-order valence-electron chi connectivity index (χ1n) is 6.54. The molecule has 2 rings (SSSR count). The van der Waals surface area contributed by atoms with E-state index in [0.29, 0.717) is 18.5 Å². The summed E-state index contributed by atoms with van der Waals surface area (Å²) in [5.41, 5.74) is 7.01. The minimum absolute atomic E-state index is 0.420. The van der Waals surface area contributed by atoms with E-state index < -0.39 is 0 Å². The van der Waals surface area contributed by atoms with Crippen molar-refractivity contribution >= 4 is 5.82 Å². The van der Waals surface area contributed by atoms with Gasteiger partial charge in [0.2, 0.25) is 0 Å². The average molecular weight is 234 g/mol. The van der Waals surface area contributed by atoms with Gasteiger partial charge in [0.05, 0.1) is 0 Å². The summed E-state index contributed by atoms with van der Waals surface area (Å²) < 4.78 is 0. The zero-order valence-electron chi connectivity index (χ0n) is 10.8. The summed E-state index contributed by atoms with van der Waals surface area (Å²) >= 11 is 0. The van der Waals surface area contributed by atoms with Gasteiger partial charge in [-0.2, -0.15) is 0 Å². The SMILES string of the molecule is CCc1cc(N2CCCC(C)C2CN)ncn1. The Bertz CT molecular complexity index is 366. The van der Waals surface area contributed by atoms with Gasteiger partial charge in [-0.25, -0.2) is 9.97 Å². The summed E-state index contributed by atoms with van der Waals surface area (Å²) in [6.45, 7) is 6.16. The third kappa shape index (κ3) is 2.57. The van der Waals surface area contributed by atoms with Crippen molar-refractivity contribution in [2.24, 2.45) is 11.7 Å². The Morgan fingerprint density at radius 2 is 2.29 bits per heavy atom. The van der Waals surface area contributed by atoms with E-state index in [0.717, 1.165) is 24.5 Å². The normalized spacial score (nSPS) is 25.0. The zero-order chi connectivity index (χ0) is 12.3. The Balaban J connectivity index is 2.23. The first-order valence-corrected chi connectivity index (χ1v) is 6.54. The second-order valence-electron chi connectivity index (χ2n) is 4.84. The molecule has 2 N–H and O–H groups in total. The van der Waals surface area contributed by atoms with Gasteiger partial charge in [0.1, 0.15) is 12.1 Å². The molecule has 4 heteroatoms. The molecule has 1 aromatic rings. The number of piperidine rings is 1. The van der Waals surface area contributed by atoms with Gasteiger partial charge in [-0.1, -0.05) is 13.8 Å². The van der Waals surface area contributed by atoms with Crippen molar-refractivity contribution in [2.75, 3.05) is 18.0 Å². The van der Waals surface area contributed by atoms with Gasteiger partial charge in [0, 0.05) is 30.9 Å². The van der Waals surface area contributed by atoms with Crippen LogP contribution < -0.4 is 10.6 Å². The molecule has 1 aliphatic heterocycles. The van der Waals surface area contributed by atoms with Crippen molar-refractivity contribution in [1.29, 1.82) is 0 Å². The monoisotopic (exact) mass is 234 g/mol. The molecule has 0 bridgehead atoms. The Labute approximate surface area is 103 Å². The molecule has 0 amide bonds. The quantitative estimate of drug-likeness (QED) is 0.863. The molecule has 2 atom stereocenters. The lowest BCUT2D eigenvalue weighted by atomic mass is 9.91. The van der Waals surface area contributed by atoms with Crippen LogP contribution in [0, 0.1) is 5.92 Å². The Morgan fingerprint density at radius 1 is 1.47 bits per heavy atom. The van der Waals surface area contributed by atoms with Crippen LogP contribution in [0.3, 0.4) is 0 Å². The van der Waals surface area contributed by atoms with Crippen molar-refractivity contribution in [3.8, 4) is 0 Å². The smallest absolute Gasteiger partial charge is 0.132 e. The van der Waals surface area contributed by atoms with Crippen molar-refractivity contribution in [1.82, 2.24) is 9.97 Å². The van der Waals surface area contributed by atoms with E-state index in [4.69, 9.17) is 5.73 Å². The maximum absolute atomic E-state index is 5.91. The molecule has 0 spiro atoms. The minimum Gasteiger partial charge on any atom is -0.352 e. The standard InChI is InChI=1S/C13H22N4/c1-3-11-7-13(16-9-15-11)17-6-4-5-10(2)12(17)8-14/h7,9-10,12H,3-6,8,14H2,1-2H3. The maximum Gasteiger partial charge on any atom is 0.132 e. The lowest BCUT2D eigenvalue weighted by molar-refractivity contribution is 0.348. The fourth-order valence-corrected chi connectivity index (χ4v) is 2.63. The number of hydrogen-bond acceptors (Lipinski definition) is 4. The Morgan fingerprint density at radius 3 is 3.00 bits per heavy atom. The predicted octanol–water partition coefficient (Wildman–Crippen LogP) is 1.60. The minimum atomic E-state index is 0.420. The maximum atomic E-state index is 5.91. The fraction of sp³-hybridized carbons (Fsp3) is 0.692. The number of anilines is 1. The molecular formula is C13H22N4. The molecule has 1 saturated heterocycles. The summed E-state index contributed by atoms with van der Waals surface area (Å²) in [5, 5.41) is 0. The first-order chi connectivity index (χ1) is 8.26. The van der Waals surface area contributed by atoms with Crippen molar-refractivity contribution in [2.45, 2.75) is 39.2 Å². The van der Waals surface area contributed by atoms with Crippen LogP contribution in [0.4, 0.5) is 5.82 Å². The van der Waals surface area contributed by atoms with Gasteiger partial charge in [0.15, 0.2) is 0 Å². The Hall–Kier alpha value is -1.16. The number of aromatic nitrogens is 2. The molecule has 4 nitrogen and oxygen atoms in total. The van der Waals surface area contributed by atoms with Gasteiger partial charge in [0.25, 0.3) is 0 Å². The number of nitrogens with two attached hydrogens (primary N) is 1. The van der Waals surface area contributed by atoms with E-state index in [1.807, 2.05) is 0 Å². The molecule has 0 aliphatic carbocycles. The first kappa shape index (κ1) is 12.3. The molecule has 2 unspecified atom stereocenters. The third-order valence-corrected chi connectivity index (χ3v) is 3.72. The van der Waals surface area contributed by atoms with Crippen molar-refractivity contribution < 1.29 is 0 Å². The number of nitrogens with zero attached hydrogens (tertiary/aromatic N) is 3. The van der Waals surface area contributed by atoms with Crippen LogP contribution >= 0.6 is 0 Å². The fourth-order valence-electron chi connectivity index (χ4n) is 2.63. The molecule has 2 heterocycles. The van der Waals surface area contributed by atoms with E-state index in [-0.39, 0.29) is 0 Å². The summed E-state index contributed by atoms with van der Waals surface area (Å²) in [5.74, 6) is 1.69. The molecule has 17 heavy (non-hydrogen) atoms. The van der Waals surface area contributed by atoms with Crippen LogP contribution in [0.1, 0.15) is 32.4 Å². The number of hydrogen-bond donors (Lipinski definition) is 1. The van der Waals surface area contributed by atoms with E-state index >= 15 is 0 Å². The van der Waals surface area contributed by atoms with Gasteiger partial charge in [-0.15, -0.1) is 0 Å².